The average molecular weight is 223 g/mol. The van der Waals surface area contributed by atoms with E-state index in [1.54, 1.807) is 13.8 Å². The zero-order chi connectivity index (χ0) is 11.2. The van der Waals surface area contributed by atoms with Gasteiger partial charge in [0, 0.05) is 0 Å². The fourth-order valence-electron chi connectivity index (χ4n) is 0.967. The summed E-state index contributed by atoms with van der Waals surface area (Å²) in [6.45, 7) is 3.51. The molecule has 0 saturated carbocycles. The molecule has 84 valence electrons. The molecule has 0 aliphatic rings. The monoisotopic (exact) mass is 223 g/mol. The lowest BCUT2D eigenvalue weighted by Gasteiger charge is -2.14. The number of hydrogen-bond donors (Lipinski definition) is 3. The first kappa shape index (κ1) is 13.2. The molecule has 0 bridgehead atoms. The molecule has 0 spiro atoms. The standard InChI is InChI=1S/C7H17N3O3S/c1-3-5-14(12,13)10-6(4-2)7(8)9-11/h6,10-11H,3-5H2,1-2H3,(H2,8,9). The Morgan fingerprint density at radius 3 is 2.50 bits per heavy atom. The minimum atomic E-state index is -3.32. The topological polar surface area (TPSA) is 105 Å². The molecule has 6 nitrogen and oxygen atoms in total. The molecule has 0 aromatic heterocycles. The highest BCUT2D eigenvalue weighted by Crippen LogP contribution is 1.96. The fourth-order valence-corrected chi connectivity index (χ4v) is 2.34. The maximum atomic E-state index is 11.3. The van der Waals surface area contributed by atoms with Gasteiger partial charge in [0.2, 0.25) is 10.0 Å². The highest BCUT2D eigenvalue weighted by molar-refractivity contribution is 7.89. The van der Waals surface area contributed by atoms with E-state index in [1.807, 2.05) is 0 Å². The van der Waals surface area contributed by atoms with Crippen molar-refractivity contribution in [3.63, 3.8) is 0 Å². The summed E-state index contributed by atoms with van der Waals surface area (Å²) in [5.41, 5.74) is 5.30. The van der Waals surface area contributed by atoms with E-state index in [-0.39, 0.29) is 11.6 Å². The summed E-state index contributed by atoms with van der Waals surface area (Å²) < 4.78 is 25.0. The number of sulfonamides is 1. The van der Waals surface area contributed by atoms with Crippen LogP contribution in [-0.2, 0) is 10.0 Å². The molecule has 0 saturated heterocycles. The van der Waals surface area contributed by atoms with Gasteiger partial charge in [0.25, 0.3) is 0 Å². The van der Waals surface area contributed by atoms with E-state index in [2.05, 4.69) is 9.88 Å². The van der Waals surface area contributed by atoms with Crippen molar-refractivity contribution in [2.24, 2.45) is 10.9 Å². The summed E-state index contributed by atoms with van der Waals surface area (Å²) in [6.07, 6.45) is 0.973. The van der Waals surface area contributed by atoms with Crippen LogP contribution in [0.1, 0.15) is 26.7 Å². The molecule has 4 N–H and O–H groups in total. The summed E-state index contributed by atoms with van der Waals surface area (Å²) in [4.78, 5) is 0. The van der Waals surface area contributed by atoms with Gasteiger partial charge in [-0.3, -0.25) is 0 Å². The molecule has 1 atom stereocenters. The van der Waals surface area contributed by atoms with Crippen LogP contribution in [0.25, 0.3) is 0 Å². The van der Waals surface area contributed by atoms with Crippen LogP contribution in [0, 0.1) is 0 Å². The Balaban J connectivity index is 4.47. The molecule has 0 aliphatic heterocycles. The quantitative estimate of drug-likeness (QED) is 0.252. The van der Waals surface area contributed by atoms with Gasteiger partial charge < -0.3 is 10.9 Å². The second-order valence-corrected chi connectivity index (χ2v) is 4.80. The first-order chi connectivity index (χ1) is 6.46. The largest absolute Gasteiger partial charge is 0.409 e. The Morgan fingerprint density at radius 1 is 1.57 bits per heavy atom. The van der Waals surface area contributed by atoms with Gasteiger partial charge in [0.05, 0.1) is 11.8 Å². The molecule has 0 amide bonds. The number of hydrogen-bond acceptors (Lipinski definition) is 4. The van der Waals surface area contributed by atoms with Crippen molar-refractivity contribution in [2.75, 3.05) is 5.75 Å². The summed E-state index contributed by atoms with van der Waals surface area (Å²) in [7, 11) is -3.32. The van der Waals surface area contributed by atoms with Gasteiger partial charge in [-0.1, -0.05) is 19.0 Å². The fraction of sp³-hybridized carbons (Fsp3) is 0.857. The van der Waals surface area contributed by atoms with Crippen LogP contribution in [0.3, 0.4) is 0 Å². The van der Waals surface area contributed by atoms with Crippen molar-refractivity contribution in [1.29, 1.82) is 0 Å². The molecular formula is C7H17N3O3S. The van der Waals surface area contributed by atoms with Crippen molar-refractivity contribution in [3.8, 4) is 0 Å². The van der Waals surface area contributed by atoms with Gasteiger partial charge in [-0.2, -0.15) is 0 Å². The third-order valence-corrected chi connectivity index (χ3v) is 3.26. The normalized spacial score (nSPS) is 15.4. The van der Waals surface area contributed by atoms with Crippen LogP contribution in [0.2, 0.25) is 0 Å². The van der Waals surface area contributed by atoms with E-state index < -0.39 is 16.1 Å². The van der Waals surface area contributed by atoms with Crippen LogP contribution in [0.4, 0.5) is 0 Å². The summed E-state index contributed by atoms with van der Waals surface area (Å²) in [5.74, 6) is -0.0745. The highest BCUT2D eigenvalue weighted by atomic mass is 32.2. The van der Waals surface area contributed by atoms with E-state index >= 15 is 0 Å². The average Bonchev–Trinajstić information content (AvgIpc) is 2.13. The van der Waals surface area contributed by atoms with E-state index in [9.17, 15) is 8.42 Å². The Hall–Kier alpha value is -0.820. The van der Waals surface area contributed by atoms with Crippen molar-refractivity contribution in [3.05, 3.63) is 0 Å². The first-order valence-electron chi connectivity index (χ1n) is 4.44. The number of nitrogens with zero attached hydrogens (tertiary/aromatic N) is 1. The number of nitrogens with one attached hydrogen (secondary N) is 1. The third-order valence-electron chi connectivity index (χ3n) is 1.68. The lowest BCUT2D eigenvalue weighted by Crippen LogP contribution is -2.44. The number of oxime groups is 1. The van der Waals surface area contributed by atoms with Crippen LogP contribution in [-0.4, -0.2) is 31.3 Å². The van der Waals surface area contributed by atoms with Gasteiger partial charge in [-0.05, 0) is 12.8 Å². The van der Waals surface area contributed by atoms with Gasteiger partial charge in [0.15, 0.2) is 5.84 Å². The summed E-state index contributed by atoms with van der Waals surface area (Å²) in [6, 6.07) is -0.628. The Bertz CT molecular complexity index is 287. The van der Waals surface area contributed by atoms with E-state index in [4.69, 9.17) is 10.9 Å². The van der Waals surface area contributed by atoms with Crippen molar-refractivity contribution < 1.29 is 13.6 Å². The molecular weight excluding hydrogens is 206 g/mol. The van der Waals surface area contributed by atoms with Crippen molar-refractivity contribution in [2.45, 2.75) is 32.7 Å². The molecule has 0 fully saturated rings. The second-order valence-electron chi connectivity index (χ2n) is 2.92. The molecule has 14 heavy (non-hydrogen) atoms. The lowest BCUT2D eigenvalue weighted by molar-refractivity contribution is 0.315. The number of rotatable bonds is 6. The molecule has 0 aromatic rings. The molecule has 0 radical (unpaired) electrons. The highest BCUT2D eigenvalue weighted by Gasteiger charge is 2.18. The van der Waals surface area contributed by atoms with Crippen LogP contribution >= 0.6 is 0 Å². The summed E-state index contributed by atoms with van der Waals surface area (Å²) >= 11 is 0. The Morgan fingerprint density at radius 2 is 2.14 bits per heavy atom. The first-order valence-corrected chi connectivity index (χ1v) is 6.09. The Labute approximate surface area is 84.2 Å². The maximum Gasteiger partial charge on any atom is 0.212 e. The smallest absolute Gasteiger partial charge is 0.212 e. The van der Waals surface area contributed by atoms with Gasteiger partial charge in [-0.15, -0.1) is 0 Å². The third kappa shape index (κ3) is 4.43. The van der Waals surface area contributed by atoms with Gasteiger partial charge >= 0.3 is 0 Å². The van der Waals surface area contributed by atoms with E-state index in [0.29, 0.717) is 12.8 Å². The lowest BCUT2D eigenvalue weighted by atomic mass is 10.2. The van der Waals surface area contributed by atoms with Gasteiger partial charge in [-0.25, -0.2) is 13.1 Å². The van der Waals surface area contributed by atoms with Gasteiger partial charge in [0.1, 0.15) is 0 Å². The SMILES string of the molecule is CCCS(=O)(=O)NC(CC)/C(N)=N/O. The predicted molar refractivity (Wildman–Crippen MR) is 54.7 cm³/mol. The van der Waals surface area contributed by atoms with E-state index in [1.165, 1.54) is 0 Å². The predicted octanol–water partition coefficient (Wildman–Crippen LogP) is -0.159. The molecule has 0 heterocycles. The van der Waals surface area contributed by atoms with E-state index in [0.717, 1.165) is 0 Å². The summed E-state index contributed by atoms with van der Waals surface area (Å²) in [5, 5.41) is 11.2. The van der Waals surface area contributed by atoms with Crippen LogP contribution in [0.15, 0.2) is 5.16 Å². The molecule has 0 rings (SSSR count). The molecule has 0 aromatic carbocycles. The second kappa shape index (κ2) is 5.82. The Kier molecular flexibility index (Phi) is 5.47. The van der Waals surface area contributed by atoms with Crippen LogP contribution in [0.5, 0.6) is 0 Å². The molecule has 0 aliphatic carbocycles. The molecule has 7 heteroatoms. The minimum Gasteiger partial charge on any atom is -0.409 e. The zero-order valence-corrected chi connectivity index (χ0v) is 9.21. The van der Waals surface area contributed by atoms with Crippen molar-refractivity contribution >= 4 is 15.9 Å². The maximum absolute atomic E-state index is 11.3. The van der Waals surface area contributed by atoms with Crippen molar-refractivity contribution in [1.82, 2.24) is 4.72 Å². The minimum absolute atomic E-state index is 0.0439. The number of nitrogens with two attached hydrogens (primary N) is 1. The van der Waals surface area contributed by atoms with Crippen LogP contribution < -0.4 is 10.5 Å². The number of amidine groups is 1. The molecule has 1 unspecified atom stereocenters. The zero-order valence-electron chi connectivity index (χ0n) is 8.40.